The minimum atomic E-state index is -3.71. The number of hydrogen-bond acceptors (Lipinski definition) is 6. The smallest absolute Gasteiger partial charge is 0.338 e. The number of benzene rings is 1. The zero-order valence-electron chi connectivity index (χ0n) is 13.7. The van der Waals surface area contributed by atoms with Crippen molar-refractivity contribution in [3.05, 3.63) is 23.8 Å². The first kappa shape index (κ1) is 19.2. The summed E-state index contributed by atoms with van der Waals surface area (Å²) in [4.78, 5) is 11.6. The van der Waals surface area contributed by atoms with Gasteiger partial charge in [0.2, 0.25) is 10.0 Å². The third kappa shape index (κ3) is 5.72. The Morgan fingerprint density at radius 3 is 2.48 bits per heavy atom. The predicted molar refractivity (Wildman–Crippen MR) is 87.1 cm³/mol. The van der Waals surface area contributed by atoms with E-state index in [0.717, 1.165) is 6.07 Å². The molecule has 130 valence electrons. The summed E-state index contributed by atoms with van der Waals surface area (Å²) in [6.07, 6.45) is -0.464. The van der Waals surface area contributed by atoms with Gasteiger partial charge in [0.05, 0.1) is 29.7 Å². The molecule has 0 aliphatic rings. The lowest BCUT2D eigenvalue weighted by Gasteiger charge is -2.19. The maximum Gasteiger partial charge on any atom is 0.338 e. The molecule has 0 fully saturated rings. The van der Waals surface area contributed by atoms with Gasteiger partial charge in [0, 0.05) is 7.11 Å². The average Bonchev–Trinajstić information content (AvgIpc) is 2.46. The number of methoxy groups -OCH3 is 1. The first-order chi connectivity index (χ1) is 10.7. The van der Waals surface area contributed by atoms with Crippen LogP contribution in [0.3, 0.4) is 0 Å². The molecule has 23 heavy (non-hydrogen) atoms. The Hall–Kier alpha value is -1.80. The predicted octanol–water partition coefficient (Wildman–Crippen LogP) is 1.98. The Morgan fingerprint density at radius 2 is 2.00 bits per heavy atom. The molecule has 0 bridgehead atoms. The molecular weight excluding hydrogens is 322 g/mol. The number of esters is 1. The zero-order valence-corrected chi connectivity index (χ0v) is 14.5. The van der Waals surface area contributed by atoms with E-state index in [1.165, 1.54) is 19.2 Å². The normalized spacial score (nSPS) is 12.9. The number of sulfonamides is 1. The molecule has 0 aliphatic carbocycles. The van der Waals surface area contributed by atoms with E-state index in [2.05, 4.69) is 4.72 Å². The van der Waals surface area contributed by atoms with E-state index in [0.29, 0.717) is 0 Å². The second-order valence-electron chi connectivity index (χ2n) is 5.35. The molecule has 0 heterocycles. The molecule has 0 radical (unpaired) electrons. The quantitative estimate of drug-likeness (QED) is 0.552. The number of carbonyl (C=O) groups is 1. The van der Waals surface area contributed by atoms with Gasteiger partial charge in [-0.05, 0) is 31.0 Å². The summed E-state index contributed by atoms with van der Waals surface area (Å²) in [5, 5.41) is 9.91. The molecule has 1 aromatic carbocycles. The number of phenolic OH excluding ortho intramolecular Hbond substituents is 1. The van der Waals surface area contributed by atoms with Crippen LogP contribution in [0.5, 0.6) is 5.75 Å². The minimum Gasteiger partial charge on any atom is -0.506 e. The van der Waals surface area contributed by atoms with Gasteiger partial charge in [0.15, 0.2) is 0 Å². The van der Waals surface area contributed by atoms with Crippen molar-refractivity contribution in [1.29, 1.82) is 0 Å². The van der Waals surface area contributed by atoms with Crippen molar-refractivity contribution in [2.75, 3.05) is 24.2 Å². The van der Waals surface area contributed by atoms with Crippen molar-refractivity contribution < 1.29 is 27.8 Å². The molecule has 8 heteroatoms. The van der Waals surface area contributed by atoms with Gasteiger partial charge in [-0.15, -0.1) is 0 Å². The number of hydrogen-bond donors (Lipinski definition) is 2. The van der Waals surface area contributed by atoms with Crippen LogP contribution >= 0.6 is 0 Å². The maximum atomic E-state index is 12.2. The van der Waals surface area contributed by atoms with Gasteiger partial charge in [0.25, 0.3) is 0 Å². The van der Waals surface area contributed by atoms with Gasteiger partial charge >= 0.3 is 5.97 Å². The van der Waals surface area contributed by atoms with Crippen LogP contribution in [-0.4, -0.2) is 45.1 Å². The molecule has 1 rings (SSSR count). The van der Waals surface area contributed by atoms with Crippen LogP contribution < -0.4 is 4.72 Å². The van der Waals surface area contributed by atoms with Crippen molar-refractivity contribution in [3.8, 4) is 5.75 Å². The Labute approximate surface area is 136 Å². The van der Waals surface area contributed by atoms with Gasteiger partial charge in [-0.1, -0.05) is 13.8 Å². The van der Waals surface area contributed by atoms with E-state index in [-0.39, 0.29) is 35.3 Å². The fourth-order valence-electron chi connectivity index (χ4n) is 1.92. The first-order valence-electron chi connectivity index (χ1n) is 7.23. The summed E-state index contributed by atoms with van der Waals surface area (Å²) in [6.45, 7) is 5.59. The third-order valence-electron chi connectivity index (χ3n) is 3.20. The fourth-order valence-corrected chi connectivity index (χ4v) is 3.46. The molecule has 0 spiro atoms. The number of rotatable bonds is 8. The average molecular weight is 345 g/mol. The Balaban J connectivity index is 2.90. The van der Waals surface area contributed by atoms with Crippen LogP contribution in [0.2, 0.25) is 0 Å². The SMILES string of the molecule is CCOC(=O)c1ccc(NS(=O)(=O)C[C@H](OC)C(C)C)c(O)c1. The van der Waals surface area contributed by atoms with E-state index in [1.54, 1.807) is 6.92 Å². The zero-order chi connectivity index (χ0) is 17.6. The highest BCUT2D eigenvalue weighted by Crippen LogP contribution is 2.26. The van der Waals surface area contributed by atoms with E-state index >= 15 is 0 Å². The summed E-state index contributed by atoms with van der Waals surface area (Å²) < 4.78 is 36.6. The topological polar surface area (TPSA) is 102 Å². The number of nitrogens with one attached hydrogen (secondary N) is 1. The largest absolute Gasteiger partial charge is 0.506 e. The molecule has 1 atom stereocenters. The molecule has 1 aromatic rings. The highest BCUT2D eigenvalue weighted by molar-refractivity contribution is 7.92. The summed E-state index contributed by atoms with van der Waals surface area (Å²) in [6, 6.07) is 3.86. The highest BCUT2D eigenvalue weighted by atomic mass is 32.2. The van der Waals surface area contributed by atoms with E-state index in [9.17, 15) is 18.3 Å². The molecule has 0 aromatic heterocycles. The van der Waals surface area contributed by atoms with Crippen LogP contribution in [0.15, 0.2) is 18.2 Å². The minimum absolute atomic E-state index is 0.00309. The summed E-state index contributed by atoms with van der Waals surface area (Å²) in [5.41, 5.74) is 0.140. The van der Waals surface area contributed by atoms with Crippen molar-refractivity contribution in [3.63, 3.8) is 0 Å². The number of anilines is 1. The number of phenols is 1. The van der Waals surface area contributed by atoms with Crippen molar-refractivity contribution >= 4 is 21.7 Å². The van der Waals surface area contributed by atoms with E-state index in [4.69, 9.17) is 9.47 Å². The molecule has 0 saturated heterocycles. The van der Waals surface area contributed by atoms with Crippen LogP contribution in [0.1, 0.15) is 31.1 Å². The summed E-state index contributed by atoms with van der Waals surface area (Å²) in [7, 11) is -2.26. The second-order valence-corrected chi connectivity index (χ2v) is 7.12. The molecule has 0 amide bonds. The second kappa shape index (κ2) is 8.16. The number of aromatic hydroxyl groups is 1. The van der Waals surface area contributed by atoms with E-state index in [1.807, 2.05) is 13.8 Å². The van der Waals surface area contributed by atoms with Crippen molar-refractivity contribution in [1.82, 2.24) is 0 Å². The highest BCUT2D eigenvalue weighted by Gasteiger charge is 2.23. The van der Waals surface area contributed by atoms with Gasteiger partial charge in [-0.3, -0.25) is 4.72 Å². The van der Waals surface area contributed by atoms with Crippen LogP contribution in [-0.2, 0) is 19.5 Å². The molecular formula is C15H23NO6S. The molecule has 2 N–H and O–H groups in total. The molecule has 7 nitrogen and oxygen atoms in total. The molecule has 0 unspecified atom stereocenters. The lowest BCUT2D eigenvalue weighted by Crippen LogP contribution is -2.31. The van der Waals surface area contributed by atoms with Gasteiger partial charge in [-0.2, -0.15) is 0 Å². The molecule has 0 aliphatic heterocycles. The van der Waals surface area contributed by atoms with Crippen LogP contribution in [0.25, 0.3) is 0 Å². The maximum absolute atomic E-state index is 12.2. The fraction of sp³-hybridized carbons (Fsp3) is 0.533. The standard InChI is InChI=1S/C15H23NO6S/c1-5-22-15(18)11-6-7-12(13(17)8-11)16-23(19,20)9-14(21-4)10(2)3/h6-8,10,14,16-17H,5,9H2,1-4H3/t14-/m0/s1. The third-order valence-corrected chi connectivity index (χ3v) is 4.50. The van der Waals surface area contributed by atoms with Crippen LogP contribution in [0.4, 0.5) is 5.69 Å². The van der Waals surface area contributed by atoms with Crippen LogP contribution in [0, 0.1) is 5.92 Å². The summed E-state index contributed by atoms with van der Waals surface area (Å²) >= 11 is 0. The van der Waals surface area contributed by atoms with Crippen molar-refractivity contribution in [2.45, 2.75) is 26.9 Å². The van der Waals surface area contributed by atoms with E-state index < -0.39 is 22.1 Å². The Bertz CT molecular complexity index is 641. The lowest BCUT2D eigenvalue weighted by molar-refractivity contribution is 0.0526. The first-order valence-corrected chi connectivity index (χ1v) is 8.88. The Kier molecular flexibility index (Phi) is 6.83. The van der Waals surface area contributed by atoms with Gasteiger partial charge in [0.1, 0.15) is 5.75 Å². The Morgan fingerprint density at radius 1 is 1.35 bits per heavy atom. The van der Waals surface area contributed by atoms with Crippen molar-refractivity contribution in [2.24, 2.45) is 5.92 Å². The summed E-state index contributed by atoms with van der Waals surface area (Å²) in [5.74, 6) is -1.15. The lowest BCUT2D eigenvalue weighted by atomic mass is 10.1. The van der Waals surface area contributed by atoms with Gasteiger partial charge < -0.3 is 14.6 Å². The number of ether oxygens (including phenoxy) is 2. The number of carbonyl (C=O) groups excluding carboxylic acids is 1. The molecule has 0 saturated carbocycles. The monoisotopic (exact) mass is 345 g/mol. The van der Waals surface area contributed by atoms with Gasteiger partial charge in [-0.25, -0.2) is 13.2 Å².